The summed E-state index contributed by atoms with van der Waals surface area (Å²) < 4.78 is 29.6. The van der Waals surface area contributed by atoms with Crippen molar-refractivity contribution in [3.05, 3.63) is 57.1 Å². The Morgan fingerprint density at radius 3 is 2.11 bits per heavy atom. The van der Waals surface area contributed by atoms with Gasteiger partial charge >= 0.3 is 0 Å². The Balaban J connectivity index is 1.98. The lowest BCUT2D eigenvalue weighted by Gasteiger charge is -2.20. The first-order valence-electron chi connectivity index (χ1n) is 8.33. The first-order valence-corrected chi connectivity index (χ1v) is 11.0. The monoisotopic (exact) mass is 427 g/mol. The molecule has 0 spiro atoms. The van der Waals surface area contributed by atoms with E-state index in [2.05, 4.69) is 0 Å². The highest BCUT2D eigenvalue weighted by Gasteiger charge is 2.28. The predicted octanol–water partition coefficient (Wildman–Crippen LogP) is 4.34. The largest absolute Gasteiger partial charge is 0.490 e. The van der Waals surface area contributed by atoms with Gasteiger partial charge in [0.05, 0.1) is 26.6 Å². The van der Waals surface area contributed by atoms with E-state index in [-0.39, 0.29) is 22.5 Å². The molecule has 0 fully saturated rings. The molecule has 0 unspecified atom stereocenters. The van der Waals surface area contributed by atoms with Gasteiger partial charge in [-0.15, -0.1) is 0 Å². The van der Waals surface area contributed by atoms with Gasteiger partial charge in [-0.3, -0.25) is 4.79 Å². The summed E-state index contributed by atoms with van der Waals surface area (Å²) >= 11 is 12.1. The van der Waals surface area contributed by atoms with E-state index >= 15 is 0 Å². The van der Waals surface area contributed by atoms with Crippen LogP contribution in [0.25, 0.3) is 0 Å². The summed E-state index contributed by atoms with van der Waals surface area (Å²) in [7, 11) is -3.45. The van der Waals surface area contributed by atoms with Gasteiger partial charge in [-0.1, -0.05) is 23.2 Å². The second-order valence-electron chi connectivity index (χ2n) is 6.79. The van der Waals surface area contributed by atoms with Gasteiger partial charge in [0.2, 0.25) is 0 Å². The summed E-state index contributed by atoms with van der Waals surface area (Å²) in [5.41, 5.74) is 2.06. The standard InChI is InChI=1S/C19H19Cl2NO4S/c1-11(2)26-18-5-4-14(27(3,24)25)8-15(18)19(23)22-9-12-6-16(20)17(21)7-13(12)10-22/h4-8,11H,9-10H2,1-3H3. The molecular weight excluding hydrogens is 409 g/mol. The van der Waals surface area contributed by atoms with Crippen LogP contribution in [0, 0.1) is 0 Å². The number of amides is 1. The Bertz CT molecular complexity index is 988. The first kappa shape index (κ1) is 20.0. The molecule has 1 aliphatic heterocycles. The van der Waals surface area contributed by atoms with Crippen LogP contribution in [0.1, 0.15) is 35.3 Å². The van der Waals surface area contributed by atoms with Crippen molar-refractivity contribution in [3.8, 4) is 5.75 Å². The van der Waals surface area contributed by atoms with E-state index in [0.717, 1.165) is 17.4 Å². The maximum Gasteiger partial charge on any atom is 0.258 e. The molecule has 0 atom stereocenters. The number of hydrogen-bond acceptors (Lipinski definition) is 4. The molecule has 0 radical (unpaired) electrons. The number of carbonyl (C=O) groups is 1. The molecular formula is C19H19Cl2NO4S. The minimum atomic E-state index is -3.45. The third kappa shape index (κ3) is 4.23. The van der Waals surface area contributed by atoms with Gasteiger partial charge in [-0.2, -0.15) is 0 Å². The van der Waals surface area contributed by atoms with Gasteiger partial charge in [0.25, 0.3) is 5.91 Å². The maximum absolute atomic E-state index is 13.2. The minimum absolute atomic E-state index is 0.0738. The molecule has 0 saturated heterocycles. The second kappa shape index (κ2) is 7.34. The number of nitrogens with zero attached hydrogens (tertiary/aromatic N) is 1. The number of hydrogen-bond donors (Lipinski definition) is 0. The fourth-order valence-electron chi connectivity index (χ4n) is 2.97. The molecule has 0 saturated carbocycles. The van der Waals surface area contributed by atoms with E-state index < -0.39 is 9.84 Å². The lowest BCUT2D eigenvalue weighted by molar-refractivity contribution is 0.0745. The van der Waals surface area contributed by atoms with Gasteiger partial charge in [-0.25, -0.2) is 8.42 Å². The normalized spacial score (nSPS) is 13.8. The van der Waals surface area contributed by atoms with E-state index in [1.54, 1.807) is 17.0 Å². The van der Waals surface area contributed by atoms with Crippen LogP contribution < -0.4 is 4.74 Å². The van der Waals surface area contributed by atoms with E-state index in [4.69, 9.17) is 27.9 Å². The summed E-state index contributed by atoms with van der Waals surface area (Å²) in [6, 6.07) is 7.86. The van der Waals surface area contributed by atoms with Crippen LogP contribution in [0.15, 0.2) is 35.2 Å². The van der Waals surface area contributed by atoms with Crippen LogP contribution >= 0.6 is 23.2 Å². The van der Waals surface area contributed by atoms with Crippen molar-refractivity contribution >= 4 is 38.9 Å². The van der Waals surface area contributed by atoms with Crippen LogP contribution in [0.5, 0.6) is 5.75 Å². The highest BCUT2D eigenvalue weighted by Crippen LogP contribution is 2.33. The molecule has 2 aromatic rings. The average molecular weight is 428 g/mol. The fraction of sp³-hybridized carbons (Fsp3) is 0.316. The molecule has 0 aliphatic carbocycles. The third-order valence-corrected chi connectivity index (χ3v) is 6.06. The summed E-state index contributed by atoms with van der Waals surface area (Å²) in [6.45, 7) is 4.42. The Morgan fingerprint density at radius 1 is 1.07 bits per heavy atom. The van der Waals surface area contributed by atoms with Crippen molar-refractivity contribution in [1.29, 1.82) is 0 Å². The number of sulfone groups is 1. The van der Waals surface area contributed by atoms with Crippen molar-refractivity contribution in [3.63, 3.8) is 0 Å². The number of rotatable bonds is 4. The van der Waals surface area contributed by atoms with Gasteiger partial charge in [0, 0.05) is 19.3 Å². The lowest BCUT2D eigenvalue weighted by Crippen LogP contribution is -2.26. The Morgan fingerprint density at radius 2 is 1.63 bits per heavy atom. The summed E-state index contributed by atoms with van der Waals surface area (Å²) in [5, 5.41) is 0.875. The van der Waals surface area contributed by atoms with Crippen LogP contribution in [-0.2, 0) is 22.9 Å². The molecule has 5 nitrogen and oxygen atoms in total. The zero-order valence-electron chi connectivity index (χ0n) is 15.1. The molecule has 1 heterocycles. The van der Waals surface area contributed by atoms with E-state index in [1.165, 1.54) is 18.2 Å². The predicted molar refractivity (Wildman–Crippen MR) is 105 cm³/mol. The summed E-state index contributed by atoms with van der Waals surface area (Å²) in [5.74, 6) is 0.0500. The van der Waals surface area contributed by atoms with Gasteiger partial charge in [0.1, 0.15) is 5.75 Å². The minimum Gasteiger partial charge on any atom is -0.490 e. The van der Waals surface area contributed by atoms with Crippen molar-refractivity contribution in [2.45, 2.75) is 37.9 Å². The Labute approximate surface area is 168 Å². The van der Waals surface area contributed by atoms with Crippen molar-refractivity contribution in [1.82, 2.24) is 4.90 Å². The first-order chi connectivity index (χ1) is 12.6. The second-order valence-corrected chi connectivity index (χ2v) is 9.62. The van der Waals surface area contributed by atoms with Gasteiger partial charge in [-0.05, 0) is 55.3 Å². The maximum atomic E-state index is 13.2. The van der Waals surface area contributed by atoms with Crippen molar-refractivity contribution < 1.29 is 17.9 Å². The number of ether oxygens (including phenoxy) is 1. The van der Waals surface area contributed by atoms with Crippen molar-refractivity contribution in [2.24, 2.45) is 0 Å². The lowest BCUT2D eigenvalue weighted by atomic mass is 10.1. The third-order valence-electron chi connectivity index (χ3n) is 4.22. The number of benzene rings is 2. The summed E-state index contributed by atoms with van der Waals surface area (Å²) in [4.78, 5) is 14.8. The molecule has 1 amide bonds. The van der Waals surface area contributed by atoms with E-state index in [0.29, 0.717) is 28.9 Å². The van der Waals surface area contributed by atoms with Crippen LogP contribution in [0.4, 0.5) is 0 Å². The molecule has 27 heavy (non-hydrogen) atoms. The topological polar surface area (TPSA) is 63.7 Å². The number of carbonyl (C=O) groups excluding carboxylic acids is 1. The van der Waals surface area contributed by atoms with Crippen LogP contribution in [-0.4, -0.2) is 31.6 Å². The molecule has 0 N–H and O–H groups in total. The molecule has 2 aromatic carbocycles. The number of halogens is 2. The molecule has 3 rings (SSSR count). The van der Waals surface area contributed by atoms with Crippen LogP contribution in [0.2, 0.25) is 10.0 Å². The quantitative estimate of drug-likeness (QED) is 0.727. The van der Waals surface area contributed by atoms with Gasteiger partial charge in [0.15, 0.2) is 9.84 Å². The molecule has 1 aliphatic rings. The molecule has 8 heteroatoms. The highest BCUT2D eigenvalue weighted by molar-refractivity contribution is 7.90. The molecule has 144 valence electrons. The average Bonchev–Trinajstić information content (AvgIpc) is 2.96. The molecule has 0 bridgehead atoms. The Kier molecular flexibility index (Phi) is 5.43. The molecule has 0 aromatic heterocycles. The Hall–Kier alpha value is -1.76. The SMILES string of the molecule is CC(C)Oc1ccc(S(C)(=O)=O)cc1C(=O)N1Cc2cc(Cl)c(Cl)cc2C1. The summed E-state index contributed by atoms with van der Waals surface area (Å²) in [6.07, 6.45) is 0.948. The van der Waals surface area contributed by atoms with Gasteiger partial charge < -0.3 is 9.64 Å². The highest BCUT2D eigenvalue weighted by atomic mass is 35.5. The smallest absolute Gasteiger partial charge is 0.258 e. The number of fused-ring (bicyclic) bond motifs is 1. The zero-order chi connectivity index (χ0) is 19.9. The van der Waals surface area contributed by atoms with Crippen LogP contribution in [0.3, 0.4) is 0 Å². The fourth-order valence-corrected chi connectivity index (χ4v) is 3.99. The zero-order valence-corrected chi connectivity index (χ0v) is 17.5. The van der Waals surface area contributed by atoms with E-state index in [1.807, 2.05) is 13.8 Å². The van der Waals surface area contributed by atoms with Crippen molar-refractivity contribution in [2.75, 3.05) is 6.26 Å². The van der Waals surface area contributed by atoms with E-state index in [9.17, 15) is 13.2 Å².